The van der Waals surface area contributed by atoms with Crippen molar-refractivity contribution in [1.82, 2.24) is 10.6 Å². The summed E-state index contributed by atoms with van der Waals surface area (Å²) in [5.74, 6) is 2.42. The second-order valence-electron chi connectivity index (χ2n) is 4.94. The molecular weight excluding hydrogens is 270 g/mol. The minimum atomic E-state index is 0.215. The zero-order chi connectivity index (χ0) is 15.1. The van der Waals surface area contributed by atoms with Crippen LogP contribution in [0.15, 0.2) is 23.2 Å². The van der Waals surface area contributed by atoms with E-state index in [1.54, 1.807) is 14.2 Å². The molecule has 1 heterocycles. The summed E-state index contributed by atoms with van der Waals surface area (Å²) in [6.07, 6.45) is 0.885. The molecule has 0 aromatic heterocycles. The van der Waals surface area contributed by atoms with Crippen LogP contribution in [0.25, 0.3) is 0 Å². The standard InChI is InChI=1S/C15H23N3O3/c1-11(9-19-3)18-15(16-2)17-7-6-12-4-5-13-14(8-12)21-10-20-13/h4-5,8,11H,6-7,9-10H2,1-3H3,(H2,16,17,18). The average molecular weight is 293 g/mol. The molecule has 0 bridgehead atoms. The molecule has 1 atom stereocenters. The molecule has 1 aliphatic rings. The van der Waals surface area contributed by atoms with Crippen molar-refractivity contribution in [3.8, 4) is 11.5 Å². The van der Waals surface area contributed by atoms with Crippen LogP contribution < -0.4 is 20.1 Å². The molecule has 0 fully saturated rings. The second kappa shape index (κ2) is 7.73. The van der Waals surface area contributed by atoms with Crippen molar-refractivity contribution < 1.29 is 14.2 Å². The highest BCUT2D eigenvalue weighted by molar-refractivity contribution is 5.79. The average Bonchev–Trinajstić information content (AvgIpc) is 2.94. The molecule has 1 aromatic carbocycles. The van der Waals surface area contributed by atoms with Gasteiger partial charge in [0.2, 0.25) is 6.79 Å². The minimum Gasteiger partial charge on any atom is -0.454 e. The topological polar surface area (TPSA) is 64.1 Å². The summed E-state index contributed by atoms with van der Waals surface area (Å²) in [6, 6.07) is 6.24. The molecule has 0 amide bonds. The van der Waals surface area contributed by atoms with Gasteiger partial charge in [0, 0.05) is 26.7 Å². The van der Waals surface area contributed by atoms with Crippen molar-refractivity contribution in [1.29, 1.82) is 0 Å². The first-order chi connectivity index (χ1) is 10.2. The highest BCUT2D eigenvalue weighted by Crippen LogP contribution is 2.32. The third-order valence-electron chi connectivity index (χ3n) is 3.17. The lowest BCUT2D eigenvalue weighted by Crippen LogP contribution is -2.44. The number of hydrogen-bond donors (Lipinski definition) is 2. The van der Waals surface area contributed by atoms with E-state index >= 15 is 0 Å². The third-order valence-corrected chi connectivity index (χ3v) is 3.17. The normalized spacial score (nSPS) is 14.9. The molecule has 0 spiro atoms. The SMILES string of the molecule is CN=C(NCCc1ccc2c(c1)OCO2)NC(C)COC. The Balaban J connectivity index is 1.77. The van der Waals surface area contributed by atoms with Crippen molar-refractivity contribution >= 4 is 5.96 Å². The predicted molar refractivity (Wildman–Crippen MR) is 82.1 cm³/mol. The fourth-order valence-electron chi connectivity index (χ4n) is 2.14. The largest absolute Gasteiger partial charge is 0.454 e. The first-order valence-electron chi connectivity index (χ1n) is 7.07. The van der Waals surface area contributed by atoms with E-state index in [9.17, 15) is 0 Å². The van der Waals surface area contributed by atoms with Crippen LogP contribution in [0, 0.1) is 0 Å². The van der Waals surface area contributed by atoms with E-state index in [4.69, 9.17) is 14.2 Å². The Morgan fingerprint density at radius 1 is 1.38 bits per heavy atom. The number of nitrogens with zero attached hydrogens (tertiary/aromatic N) is 1. The van der Waals surface area contributed by atoms with Gasteiger partial charge in [-0.05, 0) is 31.0 Å². The van der Waals surface area contributed by atoms with Crippen molar-refractivity contribution in [2.24, 2.45) is 4.99 Å². The monoisotopic (exact) mass is 293 g/mol. The van der Waals surface area contributed by atoms with E-state index in [0.717, 1.165) is 30.4 Å². The maximum absolute atomic E-state index is 5.37. The zero-order valence-electron chi connectivity index (χ0n) is 12.8. The molecule has 0 radical (unpaired) electrons. The maximum Gasteiger partial charge on any atom is 0.231 e. The van der Waals surface area contributed by atoms with Crippen LogP contribution in [0.5, 0.6) is 11.5 Å². The van der Waals surface area contributed by atoms with Crippen molar-refractivity contribution in [3.05, 3.63) is 23.8 Å². The molecule has 0 saturated carbocycles. The number of methoxy groups -OCH3 is 1. The number of guanidine groups is 1. The van der Waals surface area contributed by atoms with Crippen LogP contribution in [-0.4, -0.2) is 46.1 Å². The highest BCUT2D eigenvalue weighted by Gasteiger charge is 2.13. The Morgan fingerprint density at radius 2 is 2.19 bits per heavy atom. The smallest absolute Gasteiger partial charge is 0.231 e. The van der Waals surface area contributed by atoms with Gasteiger partial charge in [0.05, 0.1) is 6.61 Å². The predicted octanol–water partition coefficient (Wildman–Crippen LogP) is 1.16. The molecular formula is C15H23N3O3. The lowest BCUT2D eigenvalue weighted by atomic mass is 10.1. The van der Waals surface area contributed by atoms with Crippen LogP contribution >= 0.6 is 0 Å². The van der Waals surface area contributed by atoms with Gasteiger partial charge >= 0.3 is 0 Å². The van der Waals surface area contributed by atoms with Gasteiger partial charge in [-0.25, -0.2) is 0 Å². The van der Waals surface area contributed by atoms with E-state index < -0.39 is 0 Å². The van der Waals surface area contributed by atoms with Crippen LogP contribution in [0.4, 0.5) is 0 Å². The molecule has 1 aliphatic heterocycles. The summed E-state index contributed by atoms with van der Waals surface area (Å²) < 4.78 is 15.8. The van der Waals surface area contributed by atoms with Gasteiger partial charge in [0.1, 0.15) is 0 Å². The maximum atomic E-state index is 5.37. The Bertz CT molecular complexity index is 491. The number of benzene rings is 1. The number of nitrogens with one attached hydrogen (secondary N) is 2. The van der Waals surface area contributed by atoms with Crippen LogP contribution in [0.3, 0.4) is 0 Å². The first kappa shape index (κ1) is 15.4. The van der Waals surface area contributed by atoms with Crippen LogP contribution in [0.2, 0.25) is 0 Å². The number of hydrogen-bond acceptors (Lipinski definition) is 4. The summed E-state index contributed by atoms with van der Waals surface area (Å²) in [5.41, 5.74) is 1.20. The first-order valence-corrected chi connectivity index (χ1v) is 7.07. The Morgan fingerprint density at radius 3 is 2.95 bits per heavy atom. The van der Waals surface area contributed by atoms with Gasteiger partial charge in [-0.1, -0.05) is 6.07 Å². The fourth-order valence-corrected chi connectivity index (χ4v) is 2.14. The van der Waals surface area contributed by atoms with Crippen molar-refractivity contribution in [2.45, 2.75) is 19.4 Å². The minimum absolute atomic E-state index is 0.215. The quantitative estimate of drug-likeness (QED) is 0.609. The number of ether oxygens (including phenoxy) is 3. The summed E-state index contributed by atoms with van der Waals surface area (Å²) >= 11 is 0. The fraction of sp³-hybridized carbons (Fsp3) is 0.533. The van der Waals surface area contributed by atoms with E-state index in [1.165, 1.54) is 5.56 Å². The molecule has 6 heteroatoms. The van der Waals surface area contributed by atoms with E-state index in [-0.39, 0.29) is 6.04 Å². The molecule has 116 valence electrons. The Labute approximate surface area is 125 Å². The van der Waals surface area contributed by atoms with Gasteiger partial charge in [-0.15, -0.1) is 0 Å². The van der Waals surface area contributed by atoms with E-state index in [2.05, 4.69) is 21.7 Å². The Hall–Kier alpha value is -1.95. The van der Waals surface area contributed by atoms with Crippen molar-refractivity contribution in [3.63, 3.8) is 0 Å². The number of fused-ring (bicyclic) bond motifs is 1. The molecule has 1 unspecified atom stereocenters. The molecule has 6 nitrogen and oxygen atoms in total. The number of rotatable bonds is 6. The summed E-state index contributed by atoms with van der Waals surface area (Å²) in [5, 5.41) is 6.55. The second-order valence-corrected chi connectivity index (χ2v) is 4.94. The lowest BCUT2D eigenvalue weighted by molar-refractivity contribution is 0.174. The van der Waals surface area contributed by atoms with E-state index in [1.807, 2.05) is 19.1 Å². The summed E-state index contributed by atoms with van der Waals surface area (Å²) in [6.45, 7) is 3.79. The number of aliphatic imine (C=N–C) groups is 1. The highest BCUT2D eigenvalue weighted by atomic mass is 16.7. The van der Waals surface area contributed by atoms with Crippen LogP contribution in [0.1, 0.15) is 12.5 Å². The van der Waals surface area contributed by atoms with Gasteiger partial charge in [-0.2, -0.15) is 0 Å². The third kappa shape index (κ3) is 4.53. The summed E-state index contributed by atoms with van der Waals surface area (Å²) in [4.78, 5) is 4.19. The van der Waals surface area contributed by atoms with Gasteiger partial charge < -0.3 is 24.8 Å². The molecule has 0 saturated heterocycles. The molecule has 1 aromatic rings. The van der Waals surface area contributed by atoms with Gasteiger partial charge in [0.25, 0.3) is 0 Å². The van der Waals surface area contributed by atoms with Gasteiger partial charge in [-0.3, -0.25) is 4.99 Å². The van der Waals surface area contributed by atoms with Crippen LogP contribution in [-0.2, 0) is 11.2 Å². The van der Waals surface area contributed by atoms with Crippen molar-refractivity contribution in [2.75, 3.05) is 34.1 Å². The molecule has 2 rings (SSSR count). The summed E-state index contributed by atoms with van der Waals surface area (Å²) in [7, 11) is 3.45. The van der Waals surface area contributed by atoms with E-state index in [0.29, 0.717) is 13.4 Å². The lowest BCUT2D eigenvalue weighted by Gasteiger charge is -2.17. The Kier molecular flexibility index (Phi) is 5.68. The van der Waals surface area contributed by atoms with Gasteiger partial charge in [0.15, 0.2) is 17.5 Å². The molecule has 21 heavy (non-hydrogen) atoms. The molecule has 0 aliphatic carbocycles. The molecule has 2 N–H and O–H groups in total. The zero-order valence-corrected chi connectivity index (χ0v) is 12.8.